The number of thiazole rings is 1. The van der Waals surface area contributed by atoms with E-state index in [4.69, 9.17) is 4.74 Å². The number of ether oxygens (including phenoxy) is 1. The molecule has 0 saturated carbocycles. The van der Waals surface area contributed by atoms with Crippen molar-refractivity contribution in [3.8, 4) is 0 Å². The summed E-state index contributed by atoms with van der Waals surface area (Å²) in [5.41, 5.74) is 0.962. The van der Waals surface area contributed by atoms with Gasteiger partial charge in [0.05, 0.1) is 28.7 Å². The molecule has 0 spiro atoms. The minimum atomic E-state index is -3.23. The van der Waals surface area contributed by atoms with Gasteiger partial charge in [-0.1, -0.05) is 0 Å². The summed E-state index contributed by atoms with van der Waals surface area (Å²) in [6.45, 7) is 7.69. The molecule has 2 atom stereocenters. The number of hydrogen-bond acceptors (Lipinski definition) is 6. The van der Waals surface area contributed by atoms with E-state index in [-0.39, 0.29) is 18.0 Å². The molecule has 0 aliphatic carbocycles. The van der Waals surface area contributed by atoms with E-state index in [1.807, 2.05) is 26.2 Å². The average Bonchev–Trinajstić information content (AvgIpc) is 2.79. The lowest BCUT2D eigenvalue weighted by Gasteiger charge is -2.34. The summed E-state index contributed by atoms with van der Waals surface area (Å²) >= 11 is 1.60. The molecule has 1 saturated heterocycles. The van der Waals surface area contributed by atoms with Crippen LogP contribution >= 0.6 is 11.3 Å². The summed E-state index contributed by atoms with van der Waals surface area (Å²) in [5.74, 6) is 0.107. The number of sulfonamides is 1. The molecule has 1 fully saturated rings. The van der Waals surface area contributed by atoms with Crippen LogP contribution in [0.15, 0.2) is 5.38 Å². The van der Waals surface area contributed by atoms with Crippen LogP contribution < -0.4 is 5.32 Å². The van der Waals surface area contributed by atoms with Gasteiger partial charge in [0.25, 0.3) is 0 Å². The number of nitrogens with one attached hydrogen (secondary N) is 1. The van der Waals surface area contributed by atoms with Gasteiger partial charge in [-0.05, 0) is 20.8 Å². The molecule has 1 aliphatic heterocycles. The predicted molar refractivity (Wildman–Crippen MR) is 83.9 cm³/mol. The minimum absolute atomic E-state index is 0.0468. The Morgan fingerprint density at radius 3 is 2.67 bits per heavy atom. The van der Waals surface area contributed by atoms with E-state index < -0.39 is 10.0 Å². The van der Waals surface area contributed by atoms with Crippen molar-refractivity contribution in [3.63, 3.8) is 0 Å². The number of nitrogens with zero attached hydrogens (tertiary/aromatic N) is 2. The third-order valence-corrected chi connectivity index (χ3v) is 5.92. The number of hydrogen-bond donors (Lipinski definition) is 1. The van der Waals surface area contributed by atoms with Crippen molar-refractivity contribution in [2.24, 2.45) is 0 Å². The number of rotatable bonds is 6. The molecule has 0 bridgehead atoms. The van der Waals surface area contributed by atoms with Crippen LogP contribution in [0.2, 0.25) is 0 Å². The first-order valence-corrected chi connectivity index (χ1v) is 9.60. The number of aromatic nitrogens is 1. The largest absolute Gasteiger partial charge is 0.373 e. The van der Waals surface area contributed by atoms with E-state index in [0.29, 0.717) is 26.2 Å². The summed E-state index contributed by atoms with van der Waals surface area (Å²) < 4.78 is 31.7. The van der Waals surface area contributed by atoms with E-state index in [0.717, 1.165) is 10.7 Å². The quantitative estimate of drug-likeness (QED) is 0.786. The van der Waals surface area contributed by atoms with Crippen molar-refractivity contribution < 1.29 is 13.2 Å². The molecule has 120 valence electrons. The first-order valence-electron chi connectivity index (χ1n) is 7.12. The number of aryl methyl sites for hydroxylation is 1. The van der Waals surface area contributed by atoms with Crippen LogP contribution in [0.5, 0.6) is 0 Å². The van der Waals surface area contributed by atoms with Gasteiger partial charge in [0.1, 0.15) is 0 Å². The Bertz CT molecular complexity index is 549. The van der Waals surface area contributed by atoms with Gasteiger partial charge in [0, 0.05) is 31.6 Å². The van der Waals surface area contributed by atoms with E-state index in [9.17, 15) is 8.42 Å². The van der Waals surface area contributed by atoms with Crippen LogP contribution in [0, 0.1) is 6.92 Å². The second kappa shape index (κ2) is 7.15. The van der Waals surface area contributed by atoms with Crippen molar-refractivity contribution in [2.75, 3.05) is 25.4 Å². The molecule has 0 unspecified atom stereocenters. The standard InChI is InChI=1S/C13H23N3O3S2/c1-10-7-16(8-11(2)19-10)21(17,18)5-4-14-6-13-9-20-12(3)15-13/h9-11,14H,4-8H2,1-3H3/t10-,11+. The van der Waals surface area contributed by atoms with Gasteiger partial charge in [-0.2, -0.15) is 4.31 Å². The lowest BCUT2D eigenvalue weighted by molar-refractivity contribution is -0.0440. The first-order chi connectivity index (χ1) is 9.87. The van der Waals surface area contributed by atoms with E-state index in [2.05, 4.69) is 10.3 Å². The lowest BCUT2D eigenvalue weighted by Crippen LogP contribution is -2.49. The van der Waals surface area contributed by atoms with Crippen LogP contribution in [0.4, 0.5) is 0 Å². The Morgan fingerprint density at radius 2 is 2.10 bits per heavy atom. The molecule has 21 heavy (non-hydrogen) atoms. The lowest BCUT2D eigenvalue weighted by atomic mass is 10.3. The molecule has 1 aliphatic rings. The Kier molecular flexibility index (Phi) is 5.73. The SMILES string of the molecule is Cc1nc(CNCCS(=O)(=O)N2C[C@@H](C)O[C@@H](C)C2)cs1. The normalized spacial score (nSPS) is 24.3. The molecule has 2 rings (SSSR count). The van der Waals surface area contributed by atoms with Gasteiger partial charge < -0.3 is 10.1 Å². The molecule has 0 radical (unpaired) electrons. The van der Waals surface area contributed by atoms with Crippen LogP contribution in [0.25, 0.3) is 0 Å². The average molecular weight is 333 g/mol. The van der Waals surface area contributed by atoms with Gasteiger partial charge in [0.15, 0.2) is 0 Å². The molecule has 0 amide bonds. The molecule has 8 heteroatoms. The highest BCUT2D eigenvalue weighted by atomic mass is 32.2. The van der Waals surface area contributed by atoms with Crippen molar-refractivity contribution in [1.29, 1.82) is 0 Å². The fourth-order valence-corrected chi connectivity index (χ4v) is 4.54. The van der Waals surface area contributed by atoms with Gasteiger partial charge in [-0.25, -0.2) is 13.4 Å². The zero-order valence-electron chi connectivity index (χ0n) is 12.7. The first kappa shape index (κ1) is 16.8. The predicted octanol–water partition coefficient (Wildman–Crippen LogP) is 0.980. The summed E-state index contributed by atoms with van der Waals surface area (Å²) in [6, 6.07) is 0. The number of morpholine rings is 1. The molecule has 1 N–H and O–H groups in total. The monoisotopic (exact) mass is 333 g/mol. The minimum Gasteiger partial charge on any atom is -0.373 e. The molecule has 6 nitrogen and oxygen atoms in total. The molecular weight excluding hydrogens is 310 g/mol. The second-order valence-electron chi connectivity index (χ2n) is 5.42. The van der Waals surface area contributed by atoms with Crippen molar-refractivity contribution in [3.05, 3.63) is 16.1 Å². The van der Waals surface area contributed by atoms with Crippen LogP contribution in [0.3, 0.4) is 0 Å². The summed E-state index contributed by atoms with van der Waals surface area (Å²) in [6.07, 6.45) is -0.0936. The maximum atomic E-state index is 12.3. The van der Waals surface area contributed by atoms with E-state index in [1.54, 1.807) is 15.6 Å². The van der Waals surface area contributed by atoms with Gasteiger partial charge in [-0.3, -0.25) is 0 Å². The summed E-state index contributed by atoms with van der Waals surface area (Å²) in [7, 11) is -3.23. The van der Waals surface area contributed by atoms with Crippen molar-refractivity contribution in [1.82, 2.24) is 14.6 Å². The van der Waals surface area contributed by atoms with Crippen LogP contribution in [-0.2, 0) is 21.3 Å². The highest BCUT2D eigenvalue weighted by molar-refractivity contribution is 7.89. The van der Waals surface area contributed by atoms with Crippen LogP contribution in [-0.4, -0.2) is 55.3 Å². The van der Waals surface area contributed by atoms with E-state index >= 15 is 0 Å². The smallest absolute Gasteiger partial charge is 0.215 e. The van der Waals surface area contributed by atoms with E-state index in [1.165, 1.54) is 0 Å². The molecule has 1 aromatic heterocycles. The van der Waals surface area contributed by atoms with Gasteiger partial charge >= 0.3 is 0 Å². The highest BCUT2D eigenvalue weighted by Gasteiger charge is 2.30. The molecular formula is C13H23N3O3S2. The van der Waals surface area contributed by atoms with Crippen molar-refractivity contribution >= 4 is 21.4 Å². The Balaban J connectivity index is 1.78. The molecule has 2 heterocycles. The third-order valence-electron chi connectivity index (χ3n) is 3.29. The fourth-order valence-electron chi connectivity index (χ4n) is 2.39. The highest BCUT2D eigenvalue weighted by Crippen LogP contribution is 2.14. The zero-order chi connectivity index (χ0) is 15.5. The van der Waals surface area contributed by atoms with Crippen molar-refractivity contribution in [2.45, 2.75) is 39.5 Å². The summed E-state index contributed by atoms with van der Waals surface area (Å²) in [4.78, 5) is 4.33. The Morgan fingerprint density at radius 1 is 1.43 bits per heavy atom. The maximum absolute atomic E-state index is 12.3. The Hall–Kier alpha value is -0.540. The molecule has 1 aromatic rings. The third kappa shape index (κ3) is 5.00. The Labute approximate surface area is 130 Å². The van der Waals surface area contributed by atoms with Gasteiger partial charge in [0.2, 0.25) is 10.0 Å². The zero-order valence-corrected chi connectivity index (χ0v) is 14.3. The maximum Gasteiger partial charge on any atom is 0.215 e. The van der Waals surface area contributed by atoms with Crippen LogP contribution in [0.1, 0.15) is 24.5 Å². The summed E-state index contributed by atoms with van der Waals surface area (Å²) in [5, 5.41) is 6.15. The molecule has 0 aromatic carbocycles. The second-order valence-corrected chi connectivity index (χ2v) is 8.58. The topological polar surface area (TPSA) is 71.5 Å². The van der Waals surface area contributed by atoms with Gasteiger partial charge in [-0.15, -0.1) is 11.3 Å². The fraction of sp³-hybridized carbons (Fsp3) is 0.769.